The van der Waals surface area contributed by atoms with E-state index in [0.717, 1.165) is 35.5 Å². The van der Waals surface area contributed by atoms with E-state index < -0.39 is 6.04 Å². The third kappa shape index (κ3) is 2.33. The molecule has 1 aliphatic carbocycles. The fourth-order valence-corrected chi connectivity index (χ4v) is 4.05. The lowest BCUT2D eigenvalue weighted by Crippen LogP contribution is -2.45. The van der Waals surface area contributed by atoms with Crippen molar-refractivity contribution in [2.75, 3.05) is 5.32 Å². The van der Waals surface area contributed by atoms with Crippen LogP contribution in [0.1, 0.15) is 54.5 Å². The number of fused-ring (bicyclic) bond motifs is 1. The Morgan fingerprint density at radius 1 is 1.25 bits per heavy atom. The average Bonchev–Trinajstić information content (AvgIpc) is 3.19. The van der Waals surface area contributed by atoms with E-state index >= 15 is 0 Å². The summed E-state index contributed by atoms with van der Waals surface area (Å²) in [5.41, 5.74) is 8.87. The predicted octanol–water partition coefficient (Wildman–Crippen LogP) is 2.86. The first-order valence-corrected chi connectivity index (χ1v) is 8.47. The van der Waals surface area contributed by atoms with E-state index in [1.165, 1.54) is 25.0 Å². The maximum atomic E-state index is 13.3. The first-order valence-electron chi connectivity index (χ1n) is 8.47. The molecule has 0 radical (unpaired) electrons. The summed E-state index contributed by atoms with van der Waals surface area (Å²) in [6, 6.07) is 5.85. The van der Waals surface area contributed by atoms with Gasteiger partial charge in [0.15, 0.2) is 0 Å². The fraction of sp³-hybridized carbons (Fsp3) is 0.444. The number of nitrogens with zero attached hydrogens (tertiary/aromatic N) is 2. The summed E-state index contributed by atoms with van der Waals surface area (Å²) in [6.45, 7) is 1.95. The Hall–Kier alpha value is -2.21. The third-order valence-electron chi connectivity index (χ3n) is 5.25. The largest absolute Gasteiger partial charge is 0.319 e. The predicted molar refractivity (Wildman–Crippen MR) is 89.3 cm³/mol. The van der Waals surface area contributed by atoms with Crippen LogP contribution in [0.4, 0.5) is 10.2 Å². The van der Waals surface area contributed by atoms with E-state index in [1.807, 2.05) is 11.6 Å². The SMILES string of the molecule is Cc1nn(C2CCCC2)c2c1[C@H](c1ccc(F)cc1)[C@@H](N)C(=O)N2. The van der Waals surface area contributed by atoms with Crippen LogP contribution in [0.3, 0.4) is 0 Å². The van der Waals surface area contributed by atoms with E-state index in [-0.39, 0.29) is 17.6 Å². The van der Waals surface area contributed by atoms with Crippen molar-refractivity contribution in [3.05, 3.63) is 46.9 Å². The number of hydrogen-bond donors (Lipinski definition) is 2. The molecule has 2 atom stereocenters. The molecule has 3 N–H and O–H groups in total. The topological polar surface area (TPSA) is 72.9 Å². The van der Waals surface area contributed by atoms with E-state index in [4.69, 9.17) is 10.8 Å². The molecule has 1 saturated carbocycles. The Balaban J connectivity index is 1.84. The quantitative estimate of drug-likeness (QED) is 0.890. The number of rotatable bonds is 2. The molecule has 2 aliphatic rings. The Kier molecular flexibility index (Phi) is 3.64. The van der Waals surface area contributed by atoms with Crippen molar-refractivity contribution in [3.63, 3.8) is 0 Å². The van der Waals surface area contributed by atoms with Gasteiger partial charge in [0, 0.05) is 11.5 Å². The Bertz CT molecular complexity index is 777. The van der Waals surface area contributed by atoms with Gasteiger partial charge in [0.05, 0.1) is 17.8 Å². The van der Waals surface area contributed by atoms with Gasteiger partial charge in [0.1, 0.15) is 11.6 Å². The first-order chi connectivity index (χ1) is 11.6. The molecule has 1 aliphatic heterocycles. The van der Waals surface area contributed by atoms with Gasteiger partial charge in [0.25, 0.3) is 0 Å². The fourth-order valence-electron chi connectivity index (χ4n) is 4.05. The molecule has 0 bridgehead atoms. The number of hydrogen-bond acceptors (Lipinski definition) is 3. The zero-order chi connectivity index (χ0) is 16.8. The number of anilines is 1. The molecule has 1 aromatic heterocycles. The molecule has 1 fully saturated rings. The zero-order valence-electron chi connectivity index (χ0n) is 13.6. The van der Waals surface area contributed by atoms with E-state index in [2.05, 4.69) is 5.32 Å². The summed E-state index contributed by atoms with van der Waals surface area (Å²) in [5, 5.41) is 7.66. The highest BCUT2D eigenvalue weighted by molar-refractivity contribution is 5.99. The summed E-state index contributed by atoms with van der Waals surface area (Å²) >= 11 is 0. The number of nitrogens with one attached hydrogen (secondary N) is 1. The molecule has 1 amide bonds. The molecule has 0 unspecified atom stereocenters. The van der Waals surface area contributed by atoms with Gasteiger partial charge in [-0.1, -0.05) is 25.0 Å². The second-order valence-electron chi connectivity index (χ2n) is 6.77. The van der Waals surface area contributed by atoms with Gasteiger partial charge in [-0.15, -0.1) is 0 Å². The van der Waals surface area contributed by atoms with Crippen LogP contribution < -0.4 is 11.1 Å². The summed E-state index contributed by atoms with van der Waals surface area (Å²) < 4.78 is 15.3. The highest BCUT2D eigenvalue weighted by Gasteiger charge is 2.39. The van der Waals surface area contributed by atoms with Crippen LogP contribution in [0.2, 0.25) is 0 Å². The van der Waals surface area contributed by atoms with E-state index in [9.17, 15) is 9.18 Å². The van der Waals surface area contributed by atoms with E-state index in [1.54, 1.807) is 12.1 Å². The Morgan fingerprint density at radius 2 is 1.92 bits per heavy atom. The summed E-state index contributed by atoms with van der Waals surface area (Å²) in [5.74, 6) is -0.0490. The lowest BCUT2D eigenvalue weighted by Gasteiger charge is -2.30. The van der Waals surface area contributed by atoms with Gasteiger partial charge in [-0.25, -0.2) is 9.07 Å². The van der Waals surface area contributed by atoms with Gasteiger partial charge in [-0.05, 0) is 37.5 Å². The molecule has 5 nitrogen and oxygen atoms in total. The standard InChI is InChI=1S/C18H21FN4O/c1-10-14-15(11-6-8-12(19)9-7-11)16(20)18(24)21-17(14)23(22-10)13-4-2-3-5-13/h6-9,13,15-16H,2-5,20H2,1H3,(H,21,24)/t15-,16+/m0/s1. The van der Waals surface area contributed by atoms with Gasteiger partial charge in [-0.2, -0.15) is 5.10 Å². The molecular formula is C18H21FN4O. The second-order valence-corrected chi connectivity index (χ2v) is 6.77. The normalized spacial score (nSPS) is 24.0. The van der Waals surface area contributed by atoms with Crippen molar-refractivity contribution in [2.24, 2.45) is 5.73 Å². The average molecular weight is 328 g/mol. The first kappa shape index (κ1) is 15.3. The van der Waals surface area contributed by atoms with Crippen LogP contribution in [0.15, 0.2) is 24.3 Å². The number of aromatic nitrogens is 2. The van der Waals surface area contributed by atoms with Crippen molar-refractivity contribution in [1.82, 2.24) is 9.78 Å². The number of carbonyl (C=O) groups is 1. The number of benzene rings is 1. The van der Waals surface area contributed by atoms with Gasteiger partial charge in [-0.3, -0.25) is 4.79 Å². The minimum atomic E-state index is -0.706. The Morgan fingerprint density at radius 3 is 2.58 bits per heavy atom. The second kappa shape index (κ2) is 5.70. The molecule has 24 heavy (non-hydrogen) atoms. The molecule has 4 rings (SSSR count). The Labute approximate surface area is 140 Å². The molecule has 0 spiro atoms. The van der Waals surface area contributed by atoms with Crippen LogP contribution in [-0.4, -0.2) is 21.7 Å². The molecule has 2 aromatic rings. The van der Waals surface area contributed by atoms with Crippen LogP contribution >= 0.6 is 0 Å². The zero-order valence-corrected chi connectivity index (χ0v) is 13.6. The van der Waals surface area contributed by atoms with Crippen molar-refractivity contribution in [3.8, 4) is 0 Å². The molecule has 126 valence electrons. The minimum Gasteiger partial charge on any atom is -0.319 e. The molecule has 1 aromatic carbocycles. The van der Waals surface area contributed by atoms with Gasteiger partial charge < -0.3 is 11.1 Å². The third-order valence-corrected chi connectivity index (χ3v) is 5.25. The monoisotopic (exact) mass is 328 g/mol. The van der Waals surface area contributed by atoms with Crippen molar-refractivity contribution >= 4 is 11.7 Å². The molecule has 0 saturated heterocycles. The molecule has 2 heterocycles. The highest BCUT2D eigenvalue weighted by atomic mass is 19.1. The van der Waals surface area contributed by atoms with Gasteiger partial charge >= 0.3 is 0 Å². The number of aryl methyl sites for hydroxylation is 1. The minimum absolute atomic E-state index is 0.212. The van der Waals surface area contributed by atoms with Crippen LogP contribution in [0, 0.1) is 12.7 Å². The van der Waals surface area contributed by atoms with Crippen molar-refractivity contribution in [2.45, 2.75) is 50.6 Å². The smallest absolute Gasteiger partial charge is 0.243 e. The summed E-state index contributed by atoms with van der Waals surface area (Å²) in [7, 11) is 0. The maximum absolute atomic E-state index is 13.3. The molecular weight excluding hydrogens is 307 g/mol. The van der Waals surface area contributed by atoms with E-state index in [0.29, 0.717) is 6.04 Å². The number of halogens is 1. The lowest BCUT2D eigenvalue weighted by molar-refractivity contribution is -0.118. The van der Waals surface area contributed by atoms with Crippen LogP contribution in [0.25, 0.3) is 0 Å². The maximum Gasteiger partial charge on any atom is 0.243 e. The highest BCUT2D eigenvalue weighted by Crippen LogP contribution is 2.42. The van der Waals surface area contributed by atoms with Crippen LogP contribution in [0.5, 0.6) is 0 Å². The number of amides is 1. The van der Waals surface area contributed by atoms with Crippen molar-refractivity contribution < 1.29 is 9.18 Å². The van der Waals surface area contributed by atoms with Crippen molar-refractivity contribution in [1.29, 1.82) is 0 Å². The summed E-state index contributed by atoms with van der Waals surface area (Å²) in [4.78, 5) is 12.4. The summed E-state index contributed by atoms with van der Waals surface area (Å²) in [6.07, 6.45) is 4.54. The lowest BCUT2D eigenvalue weighted by atomic mass is 9.82. The number of carbonyl (C=O) groups excluding carboxylic acids is 1. The number of nitrogens with two attached hydrogens (primary N) is 1. The van der Waals surface area contributed by atoms with Crippen LogP contribution in [-0.2, 0) is 4.79 Å². The van der Waals surface area contributed by atoms with Gasteiger partial charge in [0.2, 0.25) is 5.91 Å². The molecule has 6 heteroatoms.